The standard InChI is InChI=1S/C14H14FN3O/c1-8-13(9(2)17-10(3)16-8)14(19)18-12-6-4-11(15)5-7-12/h4-7H,1-3H3,(H,18,19). The summed E-state index contributed by atoms with van der Waals surface area (Å²) in [6.07, 6.45) is 0. The number of benzene rings is 1. The van der Waals surface area contributed by atoms with E-state index in [4.69, 9.17) is 0 Å². The van der Waals surface area contributed by atoms with Gasteiger partial charge < -0.3 is 5.32 Å². The second-order valence-electron chi connectivity index (χ2n) is 4.28. The summed E-state index contributed by atoms with van der Waals surface area (Å²) in [4.78, 5) is 20.5. The Labute approximate surface area is 110 Å². The van der Waals surface area contributed by atoms with Crippen molar-refractivity contribution >= 4 is 11.6 Å². The number of nitrogens with zero attached hydrogens (tertiary/aromatic N) is 2. The van der Waals surface area contributed by atoms with Crippen LogP contribution in [-0.2, 0) is 0 Å². The maximum absolute atomic E-state index is 12.8. The van der Waals surface area contributed by atoms with E-state index in [1.54, 1.807) is 20.8 Å². The number of nitrogens with one attached hydrogen (secondary N) is 1. The minimum Gasteiger partial charge on any atom is -0.322 e. The number of halogens is 1. The van der Waals surface area contributed by atoms with Crippen LogP contribution < -0.4 is 5.32 Å². The smallest absolute Gasteiger partial charge is 0.259 e. The molecule has 0 unspecified atom stereocenters. The van der Waals surface area contributed by atoms with Crippen molar-refractivity contribution in [3.05, 3.63) is 52.9 Å². The zero-order chi connectivity index (χ0) is 14.0. The monoisotopic (exact) mass is 259 g/mol. The maximum atomic E-state index is 12.8. The van der Waals surface area contributed by atoms with Gasteiger partial charge in [0.2, 0.25) is 0 Å². The topological polar surface area (TPSA) is 54.9 Å². The first kappa shape index (κ1) is 13.1. The summed E-state index contributed by atoms with van der Waals surface area (Å²) < 4.78 is 12.8. The van der Waals surface area contributed by atoms with Crippen molar-refractivity contribution in [1.82, 2.24) is 9.97 Å². The lowest BCUT2D eigenvalue weighted by molar-refractivity contribution is 0.102. The SMILES string of the molecule is Cc1nc(C)c(C(=O)Nc2ccc(F)cc2)c(C)n1. The highest BCUT2D eigenvalue weighted by molar-refractivity contribution is 6.05. The van der Waals surface area contributed by atoms with E-state index in [2.05, 4.69) is 15.3 Å². The van der Waals surface area contributed by atoms with Crippen molar-refractivity contribution < 1.29 is 9.18 Å². The molecule has 1 aromatic heterocycles. The number of aryl methyl sites for hydroxylation is 3. The van der Waals surface area contributed by atoms with E-state index in [1.807, 2.05) is 0 Å². The Bertz CT molecular complexity index is 600. The Balaban J connectivity index is 2.28. The molecule has 2 rings (SSSR count). The number of hydrogen-bond donors (Lipinski definition) is 1. The number of anilines is 1. The second-order valence-corrected chi connectivity index (χ2v) is 4.28. The third-order valence-corrected chi connectivity index (χ3v) is 2.71. The van der Waals surface area contributed by atoms with Crippen LogP contribution in [0, 0.1) is 26.6 Å². The van der Waals surface area contributed by atoms with E-state index in [1.165, 1.54) is 24.3 Å². The first-order chi connectivity index (χ1) is 8.97. The summed E-state index contributed by atoms with van der Waals surface area (Å²) in [5.41, 5.74) is 2.25. The second kappa shape index (κ2) is 5.14. The molecule has 0 aliphatic heterocycles. The largest absolute Gasteiger partial charge is 0.322 e. The lowest BCUT2D eigenvalue weighted by atomic mass is 10.1. The maximum Gasteiger partial charge on any atom is 0.259 e. The van der Waals surface area contributed by atoms with Crippen LogP contribution in [0.15, 0.2) is 24.3 Å². The summed E-state index contributed by atoms with van der Waals surface area (Å²) in [6, 6.07) is 5.60. The Kier molecular flexibility index (Phi) is 3.55. The molecule has 1 N–H and O–H groups in total. The van der Waals surface area contributed by atoms with E-state index >= 15 is 0 Å². The van der Waals surface area contributed by atoms with Crippen LogP contribution in [0.25, 0.3) is 0 Å². The van der Waals surface area contributed by atoms with Crippen LogP contribution >= 0.6 is 0 Å². The molecule has 2 aromatic rings. The quantitative estimate of drug-likeness (QED) is 0.902. The van der Waals surface area contributed by atoms with Gasteiger partial charge in [-0.15, -0.1) is 0 Å². The van der Waals surface area contributed by atoms with Crippen LogP contribution in [0.5, 0.6) is 0 Å². The fourth-order valence-corrected chi connectivity index (χ4v) is 1.94. The van der Waals surface area contributed by atoms with Crippen molar-refractivity contribution in [2.75, 3.05) is 5.32 Å². The predicted molar refractivity (Wildman–Crippen MR) is 70.6 cm³/mol. The summed E-state index contributed by atoms with van der Waals surface area (Å²) in [7, 11) is 0. The van der Waals surface area contributed by atoms with Crippen molar-refractivity contribution in [3.63, 3.8) is 0 Å². The van der Waals surface area contributed by atoms with Gasteiger partial charge in [-0.1, -0.05) is 0 Å². The molecule has 0 spiro atoms. The number of rotatable bonds is 2. The molecule has 0 radical (unpaired) electrons. The molecule has 0 saturated carbocycles. The normalized spacial score (nSPS) is 10.3. The van der Waals surface area contributed by atoms with E-state index in [-0.39, 0.29) is 11.7 Å². The third kappa shape index (κ3) is 2.93. The predicted octanol–water partition coefficient (Wildman–Crippen LogP) is 2.79. The molecule has 0 atom stereocenters. The third-order valence-electron chi connectivity index (χ3n) is 2.71. The van der Waals surface area contributed by atoms with Crippen LogP contribution in [0.1, 0.15) is 27.6 Å². The van der Waals surface area contributed by atoms with Gasteiger partial charge in [-0.2, -0.15) is 0 Å². The Morgan fingerprint density at radius 1 is 1.05 bits per heavy atom. The molecule has 0 aliphatic carbocycles. The molecule has 19 heavy (non-hydrogen) atoms. The molecule has 1 aromatic carbocycles. The average Bonchev–Trinajstić information content (AvgIpc) is 2.30. The molecule has 0 aliphatic rings. The van der Waals surface area contributed by atoms with Gasteiger partial charge in [-0.25, -0.2) is 14.4 Å². The summed E-state index contributed by atoms with van der Waals surface area (Å²) in [6.45, 7) is 5.31. The zero-order valence-electron chi connectivity index (χ0n) is 11.0. The zero-order valence-corrected chi connectivity index (χ0v) is 11.0. The van der Waals surface area contributed by atoms with Crippen LogP contribution in [-0.4, -0.2) is 15.9 Å². The van der Waals surface area contributed by atoms with Crippen molar-refractivity contribution in [3.8, 4) is 0 Å². The molecule has 0 bridgehead atoms. The van der Waals surface area contributed by atoms with Crippen molar-refractivity contribution in [2.45, 2.75) is 20.8 Å². The fraction of sp³-hybridized carbons (Fsp3) is 0.214. The van der Waals surface area contributed by atoms with E-state index in [9.17, 15) is 9.18 Å². The molecular formula is C14H14FN3O. The van der Waals surface area contributed by atoms with Gasteiger partial charge in [-0.3, -0.25) is 4.79 Å². The number of carbonyl (C=O) groups is 1. The highest BCUT2D eigenvalue weighted by atomic mass is 19.1. The lowest BCUT2D eigenvalue weighted by Crippen LogP contribution is -2.17. The lowest BCUT2D eigenvalue weighted by Gasteiger charge is -2.10. The van der Waals surface area contributed by atoms with Crippen LogP contribution in [0.2, 0.25) is 0 Å². The van der Waals surface area contributed by atoms with Crippen LogP contribution in [0.3, 0.4) is 0 Å². The average molecular weight is 259 g/mol. The van der Waals surface area contributed by atoms with Crippen LogP contribution in [0.4, 0.5) is 10.1 Å². The van der Waals surface area contributed by atoms with E-state index in [0.29, 0.717) is 28.5 Å². The fourth-order valence-electron chi connectivity index (χ4n) is 1.94. The molecule has 0 saturated heterocycles. The van der Waals surface area contributed by atoms with Gasteiger partial charge in [0.1, 0.15) is 11.6 Å². The Hall–Kier alpha value is -2.30. The van der Waals surface area contributed by atoms with Gasteiger partial charge >= 0.3 is 0 Å². The number of hydrogen-bond acceptors (Lipinski definition) is 3. The molecule has 4 nitrogen and oxygen atoms in total. The molecular weight excluding hydrogens is 245 g/mol. The van der Waals surface area contributed by atoms with Gasteiger partial charge in [0, 0.05) is 5.69 Å². The molecule has 0 fully saturated rings. The molecule has 1 amide bonds. The summed E-state index contributed by atoms with van der Waals surface area (Å²) >= 11 is 0. The van der Waals surface area contributed by atoms with Gasteiger partial charge in [0.05, 0.1) is 17.0 Å². The van der Waals surface area contributed by atoms with E-state index in [0.717, 1.165) is 0 Å². The first-order valence-corrected chi connectivity index (χ1v) is 5.86. The van der Waals surface area contributed by atoms with Crippen molar-refractivity contribution in [1.29, 1.82) is 0 Å². The minimum absolute atomic E-state index is 0.290. The van der Waals surface area contributed by atoms with Crippen molar-refractivity contribution in [2.24, 2.45) is 0 Å². The Morgan fingerprint density at radius 2 is 1.58 bits per heavy atom. The molecule has 1 heterocycles. The minimum atomic E-state index is -0.343. The number of amides is 1. The highest BCUT2D eigenvalue weighted by Crippen LogP contribution is 2.14. The first-order valence-electron chi connectivity index (χ1n) is 5.86. The summed E-state index contributed by atoms with van der Waals surface area (Å²) in [5.74, 6) is -0.000954. The van der Waals surface area contributed by atoms with Gasteiger partial charge in [0.15, 0.2) is 0 Å². The number of aromatic nitrogens is 2. The number of carbonyl (C=O) groups excluding carboxylic acids is 1. The Morgan fingerprint density at radius 3 is 2.11 bits per heavy atom. The van der Waals surface area contributed by atoms with Gasteiger partial charge in [-0.05, 0) is 45.0 Å². The summed E-state index contributed by atoms with van der Waals surface area (Å²) in [5, 5.41) is 2.70. The van der Waals surface area contributed by atoms with E-state index < -0.39 is 0 Å². The molecule has 5 heteroatoms. The van der Waals surface area contributed by atoms with Gasteiger partial charge in [0.25, 0.3) is 5.91 Å². The molecule has 98 valence electrons. The highest BCUT2D eigenvalue weighted by Gasteiger charge is 2.15.